The number of benzene rings is 1. The van der Waals surface area contributed by atoms with Crippen LogP contribution in [-0.4, -0.2) is 13.1 Å². The summed E-state index contributed by atoms with van der Waals surface area (Å²) in [7, 11) is 0. The van der Waals surface area contributed by atoms with Crippen LogP contribution in [0, 0.1) is 19.7 Å². The molecule has 0 radical (unpaired) electrons. The van der Waals surface area contributed by atoms with Crippen LogP contribution in [0.3, 0.4) is 0 Å². The summed E-state index contributed by atoms with van der Waals surface area (Å²) in [6.45, 7) is 10.2. The monoisotopic (exact) mass is 237 g/mol. The van der Waals surface area contributed by atoms with E-state index >= 15 is 0 Å². The lowest BCUT2D eigenvalue weighted by molar-refractivity contribution is 0.548. The van der Waals surface area contributed by atoms with Crippen LogP contribution in [0.15, 0.2) is 12.1 Å². The second kappa shape index (κ2) is 6.75. The van der Waals surface area contributed by atoms with Crippen molar-refractivity contribution in [2.75, 3.05) is 13.1 Å². The van der Waals surface area contributed by atoms with E-state index in [0.717, 1.165) is 42.6 Å². The fourth-order valence-corrected chi connectivity index (χ4v) is 2.32. The summed E-state index contributed by atoms with van der Waals surface area (Å²) in [5.74, 6) is 0.227. The molecule has 0 saturated heterocycles. The van der Waals surface area contributed by atoms with Crippen molar-refractivity contribution < 1.29 is 4.39 Å². The molecule has 0 spiro atoms. The Morgan fingerprint density at radius 2 is 1.94 bits per heavy atom. The Bertz CT molecular complexity index is 337. The summed E-state index contributed by atoms with van der Waals surface area (Å²) in [6.07, 6.45) is 2.13. The van der Waals surface area contributed by atoms with Crippen LogP contribution < -0.4 is 5.32 Å². The molecule has 2 heteroatoms. The van der Waals surface area contributed by atoms with Crippen LogP contribution in [-0.2, 0) is 0 Å². The zero-order valence-corrected chi connectivity index (χ0v) is 11.4. The number of nitrogens with one attached hydrogen (secondary N) is 1. The van der Waals surface area contributed by atoms with Gasteiger partial charge in [-0.25, -0.2) is 4.39 Å². The maximum atomic E-state index is 13.9. The molecule has 0 aliphatic carbocycles. The van der Waals surface area contributed by atoms with Gasteiger partial charge >= 0.3 is 0 Å². The third-order valence-corrected chi connectivity index (χ3v) is 3.15. The Kier molecular flexibility index (Phi) is 5.63. The summed E-state index contributed by atoms with van der Waals surface area (Å²) in [4.78, 5) is 0. The van der Waals surface area contributed by atoms with Crippen molar-refractivity contribution in [3.05, 3.63) is 34.6 Å². The van der Waals surface area contributed by atoms with Crippen molar-refractivity contribution in [3.63, 3.8) is 0 Å². The van der Waals surface area contributed by atoms with Crippen LogP contribution in [0.25, 0.3) is 0 Å². The lowest BCUT2D eigenvalue weighted by Crippen LogP contribution is -2.18. The third-order valence-electron chi connectivity index (χ3n) is 3.15. The molecule has 1 atom stereocenters. The van der Waals surface area contributed by atoms with Crippen molar-refractivity contribution in [1.29, 1.82) is 0 Å². The summed E-state index contributed by atoms with van der Waals surface area (Å²) >= 11 is 0. The van der Waals surface area contributed by atoms with Crippen molar-refractivity contribution in [1.82, 2.24) is 5.32 Å². The number of aryl methyl sites for hydroxylation is 2. The molecule has 0 aliphatic heterocycles. The maximum absolute atomic E-state index is 13.9. The Balaban J connectivity index is 2.65. The average Bonchev–Trinajstić information content (AvgIpc) is 2.23. The van der Waals surface area contributed by atoms with Gasteiger partial charge in [0.05, 0.1) is 0 Å². The predicted octanol–water partition coefficient (Wildman–Crippen LogP) is 3.94. The highest BCUT2D eigenvalue weighted by Gasteiger charge is 2.13. The van der Waals surface area contributed by atoms with E-state index in [1.54, 1.807) is 6.07 Å². The van der Waals surface area contributed by atoms with Gasteiger partial charge in [0, 0.05) is 0 Å². The molecule has 1 unspecified atom stereocenters. The molecule has 0 fully saturated rings. The highest BCUT2D eigenvalue weighted by molar-refractivity contribution is 5.34. The minimum absolute atomic E-state index is 0.0505. The first-order valence-electron chi connectivity index (χ1n) is 6.53. The Morgan fingerprint density at radius 1 is 1.24 bits per heavy atom. The van der Waals surface area contributed by atoms with E-state index in [0.29, 0.717) is 0 Å². The molecule has 0 saturated carbocycles. The van der Waals surface area contributed by atoms with Crippen molar-refractivity contribution in [2.45, 2.75) is 46.5 Å². The van der Waals surface area contributed by atoms with Gasteiger partial charge in [-0.05, 0) is 68.5 Å². The van der Waals surface area contributed by atoms with E-state index in [1.807, 2.05) is 13.8 Å². The van der Waals surface area contributed by atoms with E-state index in [1.165, 1.54) is 0 Å². The fraction of sp³-hybridized carbons (Fsp3) is 0.600. The van der Waals surface area contributed by atoms with Gasteiger partial charge < -0.3 is 5.32 Å². The molecular weight excluding hydrogens is 213 g/mol. The van der Waals surface area contributed by atoms with Crippen LogP contribution in [0.1, 0.15) is 49.3 Å². The van der Waals surface area contributed by atoms with Gasteiger partial charge in [0.15, 0.2) is 0 Å². The number of hydrogen-bond donors (Lipinski definition) is 1. The first kappa shape index (κ1) is 14.2. The minimum Gasteiger partial charge on any atom is -0.317 e. The quantitative estimate of drug-likeness (QED) is 0.739. The minimum atomic E-state index is -0.0505. The first-order valence-corrected chi connectivity index (χ1v) is 6.53. The SMILES string of the molecule is CCCNCCC(C)c1c(C)cc(C)cc1F. The highest BCUT2D eigenvalue weighted by Crippen LogP contribution is 2.26. The molecule has 0 heterocycles. The van der Waals surface area contributed by atoms with Gasteiger partial charge in [0.1, 0.15) is 5.82 Å². The van der Waals surface area contributed by atoms with Gasteiger partial charge in [-0.2, -0.15) is 0 Å². The van der Waals surface area contributed by atoms with Crippen LogP contribution in [0.4, 0.5) is 4.39 Å². The van der Waals surface area contributed by atoms with Crippen LogP contribution >= 0.6 is 0 Å². The van der Waals surface area contributed by atoms with E-state index in [-0.39, 0.29) is 11.7 Å². The first-order chi connectivity index (χ1) is 8.06. The molecule has 1 N–H and O–H groups in total. The molecule has 0 bridgehead atoms. The number of halogens is 1. The van der Waals surface area contributed by atoms with Crippen LogP contribution in [0.2, 0.25) is 0 Å². The molecule has 1 aromatic carbocycles. The molecule has 0 aliphatic rings. The molecule has 1 rings (SSSR count). The number of rotatable bonds is 6. The third kappa shape index (κ3) is 4.12. The fourth-order valence-electron chi connectivity index (χ4n) is 2.32. The lowest BCUT2D eigenvalue weighted by atomic mass is 9.92. The zero-order valence-electron chi connectivity index (χ0n) is 11.4. The summed E-state index contributed by atoms with van der Waals surface area (Å²) in [5, 5.41) is 3.36. The highest BCUT2D eigenvalue weighted by atomic mass is 19.1. The Labute approximate surface area is 104 Å². The Morgan fingerprint density at radius 3 is 2.53 bits per heavy atom. The van der Waals surface area contributed by atoms with Gasteiger partial charge in [-0.15, -0.1) is 0 Å². The summed E-state index contributed by atoms with van der Waals surface area (Å²) in [5.41, 5.74) is 2.96. The van der Waals surface area contributed by atoms with Gasteiger partial charge in [0.2, 0.25) is 0 Å². The largest absolute Gasteiger partial charge is 0.317 e. The molecule has 17 heavy (non-hydrogen) atoms. The molecule has 96 valence electrons. The average molecular weight is 237 g/mol. The normalized spacial score (nSPS) is 12.8. The van der Waals surface area contributed by atoms with Gasteiger partial charge in [-0.1, -0.05) is 19.9 Å². The smallest absolute Gasteiger partial charge is 0.127 e. The topological polar surface area (TPSA) is 12.0 Å². The summed E-state index contributed by atoms with van der Waals surface area (Å²) < 4.78 is 13.9. The summed E-state index contributed by atoms with van der Waals surface area (Å²) in [6, 6.07) is 3.70. The zero-order chi connectivity index (χ0) is 12.8. The van der Waals surface area contributed by atoms with E-state index in [2.05, 4.69) is 25.2 Å². The van der Waals surface area contributed by atoms with E-state index in [4.69, 9.17) is 0 Å². The van der Waals surface area contributed by atoms with Gasteiger partial charge in [0.25, 0.3) is 0 Å². The second-order valence-corrected chi connectivity index (χ2v) is 4.92. The van der Waals surface area contributed by atoms with Crippen molar-refractivity contribution >= 4 is 0 Å². The van der Waals surface area contributed by atoms with Crippen molar-refractivity contribution in [2.24, 2.45) is 0 Å². The van der Waals surface area contributed by atoms with E-state index in [9.17, 15) is 4.39 Å². The predicted molar refractivity (Wildman–Crippen MR) is 72.1 cm³/mol. The molecule has 1 nitrogen and oxygen atoms in total. The number of hydrogen-bond acceptors (Lipinski definition) is 1. The lowest BCUT2D eigenvalue weighted by Gasteiger charge is -2.16. The Hall–Kier alpha value is -0.890. The van der Waals surface area contributed by atoms with Gasteiger partial charge in [-0.3, -0.25) is 0 Å². The molecular formula is C15H24FN. The molecule has 1 aromatic rings. The van der Waals surface area contributed by atoms with Crippen LogP contribution in [0.5, 0.6) is 0 Å². The molecule has 0 amide bonds. The molecule has 0 aromatic heterocycles. The maximum Gasteiger partial charge on any atom is 0.127 e. The standard InChI is InChI=1S/C15H24FN/c1-5-7-17-8-6-12(3)15-13(4)9-11(2)10-14(15)16/h9-10,12,17H,5-8H2,1-4H3. The second-order valence-electron chi connectivity index (χ2n) is 4.92. The van der Waals surface area contributed by atoms with E-state index < -0.39 is 0 Å². The van der Waals surface area contributed by atoms with Crippen molar-refractivity contribution in [3.8, 4) is 0 Å².